The minimum absolute atomic E-state index is 0.270. The average molecular weight is 268 g/mol. The van der Waals surface area contributed by atoms with Crippen molar-refractivity contribution >= 4 is 5.97 Å². The molecule has 1 aromatic heterocycles. The first kappa shape index (κ1) is 13.6. The van der Waals surface area contributed by atoms with Gasteiger partial charge in [-0.3, -0.25) is 0 Å². The first-order chi connectivity index (χ1) is 9.63. The van der Waals surface area contributed by atoms with Crippen LogP contribution in [0.2, 0.25) is 0 Å². The molecule has 0 atom stereocenters. The van der Waals surface area contributed by atoms with Crippen LogP contribution in [0.15, 0.2) is 36.5 Å². The SMILES string of the molecule is COC(=O)c1ccnc(Oc2cc(C#N)ccc2C)c1. The van der Waals surface area contributed by atoms with Crippen LogP contribution >= 0.6 is 0 Å². The second kappa shape index (κ2) is 5.85. The number of carbonyl (C=O) groups is 1. The third-order valence-electron chi connectivity index (χ3n) is 2.69. The molecule has 20 heavy (non-hydrogen) atoms. The van der Waals surface area contributed by atoms with E-state index in [0.29, 0.717) is 16.9 Å². The molecule has 0 N–H and O–H groups in total. The first-order valence-electron chi connectivity index (χ1n) is 5.87. The van der Waals surface area contributed by atoms with E-state index >= 15 is 0 Å². The number of pyridine rings is 1. The second-order valence-electron chi connectivity index (χ2n) is 4.07. The van der Waals surface area contributed by atoms with E-state index in [1.807, 2.05) is 13.0 Å². The van der Waals surface area contributed by atoms with E-state index in [0.717, 1.165) is 5.56 Å². The third kappa shape index (κ3) is 2.93. The van der Waals surface area contributed by atoms with Crippen LogP contribution in [0.1, 0.15) is 21.5 Å². The summed E-state index contributed by atoms with van der Waals surface area (Å²) in [6, 6.07) is 10.2. The highest BCUT2D eigenvalue weighted by atomic mass is 16.5. The molecule has 5 heteroatoms. The Kier molecular flexibility index (Phi) is 3.96. The van der Waals surface area contributed by atoms with Crippen LogP contribution in [0.3, 0.4) is 0 Å². The normalized spacial score (nSPS) is 9.65. The minimum Gasteiger partial charge on any atom is -0.465 e. The van der Waals surface area contributed by atoms with E-state index in [9.17, 15) is 4.79 Å². The highest BCUT2D eigenvalue weighted by Gasteiger charge is 2.09. The minimum atomic E-state index is -0.459. The fraction of sp³-hybridized carbons (Fsp3) is 0.133. The molecule has 2 rings (SSSR count). The molecule has 5 nitrogen and oxygen atoms in total. The molecule has 100 valence electrons. The monoisotopic (exact) mass is 268 g/mol. The molecular formula is C15H12N2O3. The molecule has 0 amide bonds. The summed E-state index contributed by atoms with van der Waals surface area (Å²) < 4.78 is 10.3. The number of carbonyl (C=O) groups excluding carboxylic acids is 1. The van der Waals surface area contributed by atoms with Gasteiger partial charge in [-0.05, 0) is 30.7 Å². The van der Waals surface area contributed by atoms with Crippen molar-refractivity contribution in [3.8, 4) is 17.7 Å². The van der Waals surface area contributed by atoms with E-state index in [2.05, 4.69) is 9.72 Å². The standard InChI is InChI=1S/C15H12N2O3/c1-10-3-4-11(9-16)7-13(10)20-14-8-12(5-6-17-14)15(18)19-2/h3-8H,1-2H3. The lowest BCUT2D eigenvalue weighted by Crippen LogP contribution is -2.02. The maximum Gasteiger partial charge on any atom is 0.338 e. The van der Waals surface area contributed by atoms with E-state index in [1.54, 1.807) is 18.2 Å². The van der Waals surface area contributed by atoms with Gasteiger partial charge in [0.25, 0.3) is 0 Å². The van der Waals surface area contributed by atoms with Gasteiger partial charge in [-0.15, -0.1) is 0 Å². The predicted molar refractivity (Wildman–Crippen MR) is 71.5 cm³/mol. The van der Waals surface area contributed by atoms with Gasteiger partial charge in [0, 0.05) is 12.3 Å². The Morgan fingerprint density at radius 3 is 2.80 bits per heavy atom. The van der Waals surface area contributed by atoms with Crippen LogP contribution < -0.4 is 4.74 Å². The smallest absolute Gasteiger partial charge is 0.338 e. The number of nitriles is 1. The van der Waals surface area contributed by atoms with Crippen LogP contribution in [0.5, 0.6) is 11.6 Å². The summed E-state index contributed by atoms with van der Waals surface area (Å²) in [5.74, 6) is 0.337. The van der Waals surface area contributed by atoms with Crippen molar-refractivity contribution in [2.75, 3.05) is 7.11 Å². The summed E-state index contributed by atoms with van der Waals surface area (Å²) in [5, 5.41) is 8.89. The van der Waals surface area contributed by atoms with Crippen LogP contribution in [-0.4, -0.2) is 18.1 Å². The van der Waals surface area contributed by atoms with Gasteiger partial charge in [0.1, 0.15) is 5.75 Å². The van der Waals surface area contributed by atoms with E-state index in [-0.39, 0.29) is 5.88 Å². The molecular weight excluding hydrogens is 256 g/mol. The first-order valence-corrected chi connectivity index (χ1v) is 5.87. The molecule has 0 saturated heterocycles. The van der Waals surface area contributed by atoms with Crippen molar-refractivity contribution in [2.45, 2.75) is 6.92 Å². The Morgan fingerprint density at radius 2 is 2.10 bits per heavy atom. The second-order valence-corrected chi connectivity index (χ2v) is 4.07. The summed E-state index contributed by atoms with van der Waals surface area (Å²) in [4.78, 5) is 15.5. The number of hydrogen-bond donors (Lipinski definition) is 0. The van der Waals surface area contributed by atoms with Crippen LogP contribution in [0.25, 0.3) is 0 Å². The lowest BCUT2D eigenvalue weighted by molar-refractivity contribution is 0.0600. The van der Waals surface area contributed by atoms with Crippen LogP contribution in [0, 0.1) is 18.3 Å². The van der Waals surface area contributed by atoms with Gasteiger partial charge >= 0.3 is 5.97 Å². The Morgan fingerprint density at radius 1 is 1.30 bits per heavy atom. The number of aryl methyl sites for hydroxylation is 1. The predicted octanol–water partition coefficient (Wildman–Crippen LogP) is 2.84. The number of hydrogen-bond acceptors (Lipinski definition) is 5. The number of ether oxygens (including phenoxy) is 2. The molecule has 0 fully saturated rings. The maximum absolute atomic E-state index is 11.4. The van der Waals surface area contributed by atoms with Crippen molar-refractivity contribution in [3.05, 3.63) is 53.2 Å². The van der Waals surface area contributed by atoms with Crippen molar-refractivity contribution in [1.82, 2.24) is 4.98 Å². The quantitative estimate of drug-likeness (QED) is 0.800. The molecule has 1 aromatic carbocycles. The fourth-order valence-electron chi connectivity index (χ4n) is 1.60. The molecule has 0 bridgehead atoms. The Labute approximate surface area is 116 Å². The number of aromatic nitrogens is 1. The van der Waals surface area contributed by atoms with Crippen molar-refractivity contribution in [1.29, 1.82) is 5.26 Å². The molecule has 1 heterocycles. The van der Waals surface area contributed by atoms with Gasteiger partial charge in [-0.2, -0.15) is 5.26 Å². The summed E-state index contributed by atoms with van der Waals surface area (Å²) >= 11 is 0. The van der Waals surface area contributed by atoms with Gasteiger partial charge in [0.15, 0.2) is 0 Å². The van der Waals surface area contributed by atoms with Gasteiger partial charge in [-0.1, -0.05) is 6.07 Å². The van der Waals surface area contributed by atoms with E-state index < -0.39 is 5.97 Å². The third-order valence-corrected chi connectivity index (χ3v) is 2.69. The number of esters is 1. The maximum atomic E-state index is 11.4. The van der Waals surface area contributed by atoms with Gasteiger partial charge < -0.3 is 9.47 Å². The summed E-state index contributed by atoms with van der Waals surface area (Å²) in [7, 11) is 1.31. The Hall–Kier alpha value is -2.87. The van der Waals surface area contributed by atoms with E-state index in [4.69, 9.17) is 10.00 Å². The number of benzene rings is 1. The van der Waals surface area contributed by atoms with Crippen LogP contribution in [0.4, 0.5) is 0 Å². The van der Waals surface area contributed by atoms with Gasteiger partial charge in [0.2, 0.25) is 5.88 Å². The average Bonchev–Trinajstić information content (AvgIpc) is 2.49. The molecule has 0 unspecified atom stereocenters. The zero-order chi connectivity index (χ0) is 14.5. The lowest BCUT2D eigenvalue weighted by Gasteiger charge is -2.08. The zero-order valence-electron chi connectivity index (χ0n) is 11.1. The molecule has 0 aliphatic rings. The summed E-state index contributed by atoms with van der Waals surface area (Å²) in [6.45, 7) is 1.86. The van der Waals surface area contributed by atoms with Gasteiger partial charge in [-0.25, -0.2) is 9.78 Å². The Balaban J connectivity index is 2.31. The van der Waals surface area contributed by atoms with Crippen molar-refractivity contribution in [3.63, 3.8) is 0 Å². The van der Waals surface area contributed by atoms with Crippen LogP contribution in [-0.2, 0) is 4.74 Å². The van der Waals surface area contributed by atoms with Crippen molar-refractivity contribution in [2.24, 2.45) is 0 Å². The highest BCUT2D eigenvalue weighted by Crippen LogP contribution is 2.25. The Bertz CT molecular complexity index is 690. The summed E-state index contributed by atoms with van der Waals surface area (Å²) in [5.41, 5.74) is 1.72. The van der Waals surface area contributed by atoms with E-state index in [1.165, 1.54) is 25.4 Å². The molecule has 2 aromatic rings. The number of methoxy groups -OCH3 is 1. The molecule has 0 saturated carbocycles. The lowest BCUT2D eigenvalue weighted by atomic mass is 10.1. The fourth-order valence-corrected chi connectivity index (χ4v) is 1.60. The van der Waals surface area contributed by atoms with Gasteiger partial charge in [0.05, 0.1) is 24.3 Å². The summed E-state index contributed by atoms with van der Waals surface area (Å²) in [6.07, 6.45) is 1.46. The molecule has 0 aliphatic heterocycles. The number of nitrogens with zero attached hydrogens (tertiary/aromatic N) is 2. The molecule has 0 spiro atoms. The highest BCUT2D eigenvalue weighted by molar-refractivity contribution is 5.89. The largest absolute Gasteiger partial charge is 0.465 e. The zero-order valence-corrected chi connectivity index (χ0v) is 11.1. The van der Waals surface area contributed by atoms with Crippen molar-refractivity contribution < 1.29 is 14.3 Å². The number of rotatable bonds is 3. The molecule has 0 radical (unpaired) electrons. The topological polar surface area (TPSA) is 72.2 Å². The molecule has 0 aliphatic carbocycles.